The molecule has 0 aliphatic heterocycles. The van der Waals surface area contributed by atoms with Gasteiger partial charge < -0.3 is 0 Å². The Hall–Kier alpha value is -3.08. The Labute approximate surface area is 189 Å². The normalized spacial score (nSPS) is 14.6. The van der Waals surface area contributed by atoms with Crippen molar-refractivity contribution in [1.29, 1.82) is 0 Å². The standard InChI is InChI=1S/C22H24F3N3O4S/c23-22(24,25)17-8-4-9-18(14-17)28-33(31,32)19-10-3-7-16(13-19)21(30)27-26-20(29)12-11-15-5-1-2-6-15/h3-4,7-10,13-15,28H,1-2,5-6,11-12H2,(H,26,29)(H,27,30). The van der Waals surface area contributed by atoms with E-state index >= 15 is 0 Å². The molecule has 2 aromatic rings. The lowest BCUT2D eigenvalue weighted by Crippen LogP contribution is -2.41. The van der Waals surface area contributed by atoms with Gasteiger partial charge in [-0.1, -0.05) is 37.8 Å². The number of alkyl halides is 3. The topological polar surface area (TPSA) is 104 Å². The van der Waals surface area contributed by atoms with Gasteiger partial charge in [-0.2, -0.15) is 13.2 Å². The number of hydrogen-bond donors (Lipinski definition) is 3. The quantitative estimate of drug-likeness (QED) is 0.513. The molecule has 3 N–H and O–H groups in total. The summed E-state index contributed by atoms with van der Waals surface area (Å²) >= 11 is 0. The first kappa shape index (κ1) is 24.6. The molecule has 11 heteroatoms. The summed E-state index contributed by atoms with van der Waals surface area (Å²) in [5, 5.41) is 0. The van der Waals surface area contributed by atoms with Gasteiger partial charge in [0.25, 0.3) is 15.9 Å². The van der Waals surface area contributed by atoms with E-state index in [1.165, 1.54) is 37.1 Å². The van der Waals surface area contributed by atoms with Gasteiger partial charge in [0.15, 0.2) is 0 Å². The number of rotatable bonds is 7. The van der Waals surface area contributed by atoms with Gasteiger partial charge in [-0.05, 0) is 48.7 Å². The Morgan fingerprint density at radius 2 is 1.67 bits per heavy atom. The molecule has 2 aromatic carbocycles. The molecular formula is C22H24F3N3O4S. The fourth-order valence-electron chi connectivity index (χ4n) is 3.67. The van der Waals surface area contributed by atoms with Crippen LogP contribution in [0.1, 0.15) is 54.4 Å². The molecule has 0 radical (unpaired) electrons. The minimum absolute atomic E-state index is 0.0435. The van der Waals surface area contributed by atoms with Gasteiger partial charge in [0, 0.05) is 17.7 Å². The Bertz CT molecular complexity index is 1110. The van der Waals surface area contributed by atoms with Crippen molar-refractivity contribution in [3.63, 3.8) is 0 Å². The zero-order valence-corrected chi connectivity index (χ0v) is 18.4. The maximum atomic E-state index is 12.9. The number of sulfonamides is 1. The van der Waals surface area contributed by atoms with E-state index in [1.54, 1.807) is 0 Å². The number of carbonyl (C=O) groups is 2. The van der Waals surface area contributed by atoms with Crippen molar-refractivity contribution in [2.75, 3.05) is 4.72 Å². The number of nitrogens with one attached hydrogen (secondary N) is 3. The molecule has 0 aromatic heterocycles. The largest absolute Gasteiger partial charge is 0.416 e. The number of hydrogen-bond acceptors (Lipinski definition) is 4. The van der Waals surface area contributed by atoms with Crippen molar-refractivity contribution >= 4 is 27.5 Å². The Kier molecular flexibility index (Phi) is 7.62. The van der Waals surface area contributed by atoms with Gasteiger partial charge in [0.2, 0.25) is 5.91 Å². The molecule has 3 rings (SSSR count). The maximum absolute atomic E-state index is 12.9. The molecule has 178 valence electrons. The van der Waals surface area contributed by atoms with E-state index < -0.39 is 27.7 Å². The summed E-state index contributed by atoms with van der Waals surface area (Å²) in [4.78, 5) is 24.0. The third-order valence-corrected chi connectivity index (χ3v) is 6.80. The van der Waals surface area contributed by atoms with E-state index in [2.05, 4.69) is 15.6 Å². The summed E-state index contributed by atoms with van der Waals surface area (Å²) in [5.74, 6) is -0.539. The highest BCUT2D eigenvalue weighted by Gasteiger charge is 2.30. The number of benzene rings is 2. The molecule has 0 atom stereocenters. The summed E-state index contributed by atoms with van der Waals surface area (Å²) in [7, 11) is -4.27. The number of anilines is 1. The average Bonchev–Trinajstić information content (AvgIpc) is 3.29. The van der Waals surface area contributed by atoms with Gasteiger partial charge in [0.1, 0.15) is 0 Å². The van der Waals surface area contributed by atoms with Crippen LogP contribution in [0.15, 0.2) is 53.4 Å². The first-order valence-electron chi connectivity index (χ1n) is 10.4. The van der Waals surface area contributed by atoms with Crippen molar-refractivity contribution in [3.8, 4) is 0 Å². The molecule has 1 fully saturated rings. The van der Waals surface area contributed by atoms with Crippen LogP contribution in [0.3, 0.4) is 0 Å². The Balaban J connectivity index is 1.62. The fourth-order valence-corrected chi connectivity index (χ4v) is 4.77. The van der Waals surface area contributed by atoms with Crippen LogP contribution < -0.4 is 15.6 Å². The van der Waals surface area contributed by atoms with Crippen LogP contribution in [0.25, 0.3) is 0 Å². The molecule has 0 bridgehead atoms. The fraction of sp³-hybridized carbons (Fsp3) is 0.364. The smallest absolute Gasteiger partial charge is 0.280 e. The third-order valence-electron chi connectivity index (χ3n) is 5.42. The van der Waals surface area contributed by atoms with E-state index in [0.717, 1.165) is 37.5 Å². The highest BCUT2D eigenvalue weighted by atomic mass is 32.2. The first-order valence-corrected chi connectivity index (χ1v) is 11.9. The van der Waals surface area contributed by atoms with E-state index in [4.69, 9.17) is 0 Å². The van der Waals surface area contributed by atoms with Crippen LogP contribution in [0, 0.1) is 5.92 Å². The first-order chi connectivity index (χ1) is 15.5. The van der Waals surface area contributed by atoms with Gasteiger partial charge in [0.05, 0.1) is 10.5 Å². The molecule has 1 aliphatic rings. The predicted octanol–water partition coefficient (Wildman–Crippen LogP) is 4.24. The van der Waals surface area contributed by atoms with Crippen molar-refractivity contribution in [2.24, 2.45) is 5.92 Å². The SMILES string of the molecule is O=C(CCC1CCCC1)NNC(=O)c1cccc(S(=O)(=O)Nc2cccc(C(F)(F)F)c2)c1. The highest BCUT2D eigenvalue weighted by Crippen LogP contribution is 2.31. The molecular weight excluding hydrogens is 459 g/mol. The number of carbonyl (C=O) groups excluding carboxylic acids is 2. The second kappa shape index (κ2) is 10.2. The van der Waals surface area contributed by atoms with Crippen molar-refractivity contribution in [1.82, 2.24) is 10.9 Å². The lowest BCUT2D eigenvalue weighted by atomic mass is 10.0. The van der Waals surface area contributed by atoms with Gasteiger partial charge in [-0.25, -0.2) is 8.42 Å². The van der Waals surface area contributed by atoms with Crippen molar-refractivity contribution in [3.05, 3.63) is 59.7 Å². The monoisotopic (exact) mass is 483 g/mol. The molecule has 1 aliphatic carbocycles. The van der Waals surface area contributed by atoms with Crippen LogP contribution in [0.5, 0.6) is 0 Å². The van der Waals surface area contributed by atoms with E-state index in [-0.39, 0.29) is 28.5 Å². The molecule has 2 amide bonds. The number of hydrazine groups is 1. The summed E-state index contributed by atoms with van der Waals surface area (Å²) < 4.78 is 65.9. The summed E-state index contributed by atoms with van der Waals surface area (Å²) in [6.45, 7) is 0. The third kappa shape index (κ3) is 6.95. The van der Waals surface area contributed by atoms with Crippen LogP contribution in [0.2, 0.25) is 0 Å². The van der Waals surface area contributed by atoms with E-state index in [9.17, 15) is 31.2 Å². The molecule has 33 heavy (non-hydrogen) atoms. The predicted molar refractivity (Wildman–Crippen MR) is 115 cm³/mol. The average molecular weight is 484 g/mol. The minimum atomic E-state index is -4.62. The number of halogens is 3. The van der Waals surface area contributed by atoms with Crippen LogP contribution >= 0.6 is 0 Å². The van der Waals surface area contributed by atoms with Crippen LogP contribution in [-0.2, 0) is 21.0 Å². The van der Waals surface area contributed by atoms with Gasteiger partial charge in [-0.15, -0.1) is 0 Å². The molecule has 0 saturated heterocycles. The van der Waals surface area contributed by atoms with E-state index in [1.807, 2.05) is 0 Å². The molecule has 0 heterocycles. The Morgan fingerprint density at radius 3 is 2.36 bits per heavy atom. The van der Waals surface area contributed by atoms with Crippen molar-refractivity contribution < 1.29 is 31.2 Å². The molecule has 1 saturated carbocycles. The highest BCUT2D eigenvalue weighted by molar-refractivity contribution is 7.92. The lowest BCUT2D eigenvalue weighted by Gasteiger charge is -2.12. The van der Waals surface area contributed by atoms with Crippen LogP contribution in [-0.4, -0.2) is 20.2 Å². The second-order valence-electron chi connectivity index (χ2n) is 7.90. The summed E-state index contributed by atoms with van der Waals surface area (Å²) in [5.41, 5.74) is 3.25. The summed E-state index contributed by atoms with van der Waals surface area (Å²) in [6, 6.07) is 8.70. The van der Waals surface area contributed by atoms with E-state index in [0.29, 0.717) is 12.0 Å². The zero-order chi connectivity index (χ0) is 24.1. The molecule has 0 unspecified atom stereocenters. The minimum Gasteiger partial charge on any atom is -0.280 e. The maximum Gasteiger partial charge on any atom is 0.416 e. The van der Waals surface area contributed by atoms with Gasteiger partial charge in [-0.3, -0.25) is 25.2 Å². The second-order valence-corrected chi connectivity index (χ2v) is 9.59. The Morgan fingerprint density at radius 1 is 0.970 bits per heavy atom. The number of amides is 2. The lowest BCUT2D eigenvalue weighted by molar-refractivity contribution is -0.137. The van der Waals surface area contributed by atoms with Crippen LogP contribution in [0.4, 0.5) is 18.9 Å². The van der Waals surface area contributed by atoms with Crippen molar-refractivity contribution in [2.45, 2.75) is 49.6 Å². The summed E-state index contributed by atoms with van der Waals surface area (Å²) in [6.07, 6.45) is 0.957. The van der Waals surface area contributed by atoms with Gasteiger partial charge >= 0.3 is 6.18 Å². The molecule has 7 nitrogen and oxygen atoms in total. The molecule has 0 spiro atoms. The zero-order valence-electron chi connectivity index (χ0n) is 17.6.